The van der Waals surface area contributed by atoms with Gasteiger partial charge in [-0.25, -0.2) is 0 Å². The minimum absolute atomic E-state index is 0.548. The molecule has 0 bridgehead atoms. The molecular formula is C26H22N6. The second-order valence-electron chi connectivity index (χ2n) is 8.17. The van der Waals surface area contributed by atoms with Crippen LogP contribution in [0.5, 0.6) is 0 Å². The zero-order valence-electron chi connectivity index (χ0n) is 17.5. The molecule has 1 aliphatic carbocycles. The van der Waals surface area contributed by atoms with E-state index < -0.39 is 0 Å². The Morgan fingerprint density at radius 1 is 0.938 bits per heavy atom. The van der Waals surface area contributed by atoms with Crippen LogP contribution in [0, 0.1) is 0 Å². The van der Waals surface area contributed by atoms with Crippen LogP contribution >= 0.6 is 0 Å². The number of nitrogens with zero attached hydrogens (tertiary/aromatic N) is 5. The van der Waals surface area contributed by atoms with Crippen LogP contribution in [-0.2, 0) is 6.54 Å². The number of fused-ring (bicyclic) bond motifs is 1. The van der Waals surface area contributed by atoms with Gasteiger partial charge in [0.05, 0.1) is 12.2 Å². The maximum Gasteiger partial charge on any atom is 0.164 e. The quantitative estimate of drug-likeness (QED) is 0.394. The third-order valence-corrected chi connectivity index (χ3v) is 5.90. The summed E-state index contributed by atoms with van der Waals surface area (Å²) in [4.78, 5) is 8.99. The minimum Gasteiger partial charge on any atom is -0.379 e. The normalized spacial score (nSPS) is 13.4. The molecule has 2 aromatic carbocycles. The molecule has 1 saturated carbocycles. The molecule has 0 radical (unpaired) electrons. The fraction of sp³-hybridized carbons (Fsp3) is 0.154. The molecule has 0 aliphatic heterocycles. The van der Waals surface area contributed by atoms with Crippen LogP contribution in [0.25, 0.3) is 33.3 Å². The largest absolute Gasteiger partial charge is 0.379 e. The van der Waals surface area contributed by atoms with E-state index in [9.17, 15) is 0 Å². The van der Waals surface area contributed by atoms with E-state index in [4.69, 9.17) is 0 Å². The van der Waals surface area contributed by atoms with Crippen LogP contribution in [0.2, 0.25) is 0 Å². The van der Waals surface area contributed by atoms with Crippen molar-refractivity contribution in [1.82, 2.24) is 24.7 Å². The lowest BCUT2D eigenvalue weighted by molar-refractivity contribution is 0.746. The molecular weight excluding hydrogens is 396 g/mol. The Morgan fingerprint density at radius 3 is 2.81 bits per heavy atom. The first-order valence-electron chi connectivity index (χ1n) is 10.9. The van der Waals surface area contributed by atoms with Crippen LogP contribution in [0.15, 0.2) is 85.6 Å². The highest BCUT2D eigenvalue weighted by Crippen LogP contribution is 2.37. The van der Waals surface area contributed by atoms with Gasteiger partial charge in [-0.05, 0) is 48.1 Å². The Labute approximate surface area is 186 Å². The maximum atomic E-state index is 4.57. The van der Waals surface area contributed by atoms with E-state index in [1.165, 1.54) is 18.2 Å². The van der Waals surface area contributed by atoms with E-state index in [2.05, 4.69) is 78.6 Å². The predicted octanol–water partition coefficient (Wildman–Crippen LogP) is 5.50. The van der Waals surface area contributed by atoms with Gasteiger partial charge in [0.25, 0.3) is 0 Å². The third kappa shape index (κ3) is 3.60. The van der Waals surface area contributed by atoms with Crippen molar-refractivity contribution in [3.05, 3.63) is 91.3 Å². The van der Waals surface area contributed by atoms with Gasteiger partial charge in [0.1, 0.15) is 6.33 Å². The highest BCUT2D eigenvalue weighted by Gasteiger charge is 2.26. The molecule has 156 valence electrons. The summed E-state index contributed by atoms with van der Waals surface area (Å²) in [5.41, 5.74) is 5.32. The average molecular weight is 419 g/mol. The summed E-state index contributed by atoms with van der Waals surface area (Å²) >= 11 is 0. The highest BCUT2D eigenvalue weighted by molar-refractivity contribution is 5.95. The van der Waals surface area contributed by atoms with Gasteiger partial charge >= 0.3 is 0 Å². The van der Waals surface area contributed by atoms with Crippen molar-refractivity contribution in [2.45, 2.75) is 25.4 Å². The first-order valence-corrected chi connectivity index (χ1v) is 10.9. The van der Waals surface area contributed by atoms with Crippen LogP contribution < -0.4 is 5.32 Å². The number of rotatable bonds is 6. The summed E-state index contributed by atoms with van der Waals surface area (Å²) < 4.78 is 2.18. The average Bonchev–Trinajstić information content (AvgIpc) is 3.58. The lowest BCUT2D eigenvalue weighted by Gasteiger charge is -2.11. The predicted molar refractivity (Wildman–Crippen MR) is 126 cm³/mol. The van der Waals surface area contributed by atoms with Crippen molar-refractivity contribution < 1.29 is 0 Å². The van der Waals surface area contributed by atoms with E-state index in [1.54, 1.807) is 0 Å². The molecule has 5 aromatic rings. The Bertz CT molecular complexity index is 1400. The van der Waals surface area contributed by atoms with Crippen molar-refractivity contribution in [1.29, 1.82) is 0 Å². The van der Waals surface area contributed by atoms with Gasteiger partial charge in [-0.15, -0.1) is 10.2 Å². The minimum atomic E-state index is 0.548. The first kappa shape index (κ1) is 18.7. The van der Waals surface area contributed by atoms with Crippen molar-refractivity contribution in [3.63, 3.8) is 0 Å². The molecule has 6 heteroatoms. The van der Waals surface area contributed by atoms with Gasteiger partial charge in [-0.1, -0.05) is 36.4 Å². The Hall–Kier alpha value is -4.06. The van der Waals surface area contributed by atoms with Gasteiger partial charge in [-0.3, -0.25) is 9.97 Å². The summed E-state index contributed by atoms with van der Waals surface area (Å²) in [6, 6.07) is 21.4. The molecule has 3 aromatic heterocycles. The molecule has 0 saturated heterocycles. The fourth-order valence-corrected chi connectivity index (χ4v) is 4.12. The monoisotopic (exact) mass is 418 g/mol. The van der Waals surface area contributed by atoms with Crippen molar-refractivity contribution >= 4 is 16.5 Å². The second-order valence-corrected chi connectivity index (χ2v) is 8.17. The van der Waals surface area contributed by atoms with E-state index in [-0.39, 0.29) is 0 Å². The number of aromatic nitrogens is 5. The van der Waals surface area contributed by atoms with Gasteiger partial charge in [0.15, 0.2) is 5.82 Å². The molecule has 1 aliphatic rings. The molecule has 1 N–H and O–H groups in total. The van der Waals surface area contributed by atoms with Crippen LogP contribution in [0.4, 0.5) is 5.69 Å². The molecule has 0 unspecified atom stereocenters. The van der Waals surface area contributed by atoms with Gasteiger partial charge in [0.2, 0.25) is 0 Å². The van der Waals surface area contributed by atoms with Crippen molar-refractivity contribution in [3.8, 4) is 22.5 Å². The summed E-state index contributed by atoms with van der Waals surface area (Å²) in [6.45, 7) is 0.630. The Morgan fingerprint density at radius 2 is 1.88 bits per heavy atom. The summed E-state index contributed by atoms with van der Waals surface area (Å²) in [5.74, 6) is 0.930. The smallest absolute Gasteiger partial charge is 0.164 e. The van der Waals surface area contributed by atoms with Crippen molar-refractivity contribution in [2.75, 3.05) is 5.32 Å². The summed E-state index contributed by atoms with van der Waals surface area (Å²) in [6.07, 6.45) is 9.94. The van der Waals surface area contributed by atoms with E-state index >= 15 is 0 Å². The van der Waals surface area contributed by atoms with Gasteiger partial charge < -0.3 is 9.88 Å². The van der Waals surface area contributed by atoms with Crippen LogP contribution in [-0.4, -0.2) is 24.7 Å². The molecule has 0 spiro atoms. The Kier molecular flexibility index (Phi) is 4.61. The van der Waals surface area contributed by atoms with Crippen LogP contribution in [0.1, 0.15) is 24.6 Å². The van der Waals surface area contributed by atoms with Crippen LogP contribution in [0.3, 0.4) is 0 Å². The molecule has 0 atom stereocenters. The molecule has 6 nitrogen and oxygen atoms in total. The van der Waals surface area contributed by atoms with Gasteiger partial charge in [0, 0.05) is 46.8 Å². The Balaban J connectivity index is 1.24. The number of nitrogens with one attached hydrogen (secondary N) is 1. The zero-order chi connectivity index (χ0) is 21.3. The zero-order valence-corrected chi connectivity index (χ0v) is 17.5. The number of anilines is 1. The standard InChI is InChI=1S/C26H22N6/c1-2-7-24-20(4-1)14-27-16-25(24)18-10-11-28-22(12-18)15-29-21-6-3-5-19(13-21)26-31-30-17-32(26)23-8-9-23/h1-7,10-14,16-17,23,29H,8-9,15H2. The molecule has 32 heavy (non-hydrogen) atoms. The lowest BCUT2D eigenvalue weighted by atomic mass is 10.0. The first-order chi connectivity index (χ1) is 15.8. The number of benzene rings is 2. The van der Waals surface area contributed by atoms with E-state index in [0.29, 0.717) is 12.6 Å². The van der Waals surface area contributed by atoms with Gasteiger partial charge in [-0.2, -0.15) is 0 Å². The molecule has 1 fully saturated rings. The topological polar surface area (TPSA) is 68.5 Å². The second kappa shape index (κ2) is 7.89. The SMILES string of the molecule is c1cc(NCc2cc(-c3cncc4ccccc34)ccn2)cc(-c2nncn2C2CC2)c1. The lowest BCUT2D eigenvalue weighted by Crippen LogP contribution is -2.02. The van der Waals surface area contributed by atoms with E-state index in [1.807, 2.05) is 37.1 Å². The highest BCUT2D eigenvalue weighted by atomic mass is 15.3. The molecule has 3 heterocycles. The number of pyridine rings is 2. The number of hydrogen-bond donors (Lipinski definition) is 1. The summed E-state index contributed by atoms with van der Waals surface area (Å²) in [7, 11) is 0. The molecule has 0 amide bonds. The number of hydrogen-bond acceptors (Lipinski definition) is 5. The van der Waals surface area contributed by atoms with Crippen molar-refractivity contribution in [2.24, 2.45) is 0 Å². The third-order valence-electron chi connectivity index (χ3n) is 5.90. The fourth-order valence-electron chi connectivity index (χ4n) is 4.12. The van der Waals surface area contributed by atoms with E-state index in [0.717, 1.165) is 39.3 Å². The molecule has 6 rings (SSSR count). The summed E-state index contributed by atoms with van der Waals surface area (Å²) in [5, 5.41) is 14.3. The maximum absolute atomic E-state index is 4.57.